The molecule has 0 amide bonds. The Morgan fingerprint density at radius 2 is 2.10 bits per heavy atom. The van der Waals surface area contributed by atoms with Crippen LogP contribution in [-0.2, 0) is 13.0 Å². The summed E-state index contributed by atoms with van der Waals surface area (Å²) in [5, 5.41) is 3.57. The van der Waals surface area contributed by atoms with Crippen LogP contribution < -0.4 is 5.73 Å². The van der Waals surface area contributed by atoms with Crippen molar-refractivity contribution in [3.8, 4) is 0 Å². The van der Waals surface area contributed by atoms with Crippen molar-refractivity contribution in [2.45, 2.75) is 13.0 Å². The van der Waals surface area contributed by atoms with E-state index in [0.717, 1.165) is 21.5 Å². The summed E-state index contributed by atoms with van der Waals surface area (Å²) in [6, 6.07) is 9.70. The first-order valence-corrected chi connectivity index (χ1v) is 7.16. The molecule has 0 unspecified atom stereocenters. The van der Waals surface area contributed by atoms with Gasteiger partial charge in [0.25, 0.3) is 0 Å². The molecule has 0 aliphatic heterocycles. The normalized spacial score (nSPS) is 10.8. The SMILES string of the molecule is NCc1nc(C(=O)Cc2ccnc3ccccc23)cs1. The minimum Gasteiger partial charge on any atom is -0.325 e. The van der Waals surface area contributed by atoms with Gasteiger partial charge >= 0.3 is 0 Å². The highest BCUT2D eigenvalue weighted by atomic mass is 32.1. The van der Waals surface area contributed by atoms with Crippen molar-refractivity contribution in [2.75, 3.05) is 0 Å². The molecule has 4 nitrogen and oxygen atoms in total. The number of carbonyl (C=O) groups excluding carboxylic acids is 1. The number of nitrogens with zero attached hydrogens (tertiary/aromatic N) is 2. The van der Waals surface area contributed by atoms with Crippen molar-refractivity contribution in [3.05, 3.63) is 58.2 Å². The lowest BCUT2D eigenvalue weighted by molar-refractivity contribution is 0.0989. The predicted molar refractivity (Wildman–Crippen MR) is 79.8 cm³/mol. The maximum Gasteiger partial charge on any atom is 0.186 e. The van der Waals surface area contributed by atoms with Crippen molar-refractivity contribution in [1.29, 1.82) is 0 Å². The lowest BCUT2D eigenvalue weighted by Gasteiger charge is -2.04. The highest BCUT2D eigenvalue weighted by Crippen LogP contribution is 2.19. The van der Waals surface area contributed by atoms with Gasteiger partial charge in [0.1, 0.15) is 10.7 Å². The number of ketones is 1. The van der Waals surface area contributed by atoms with E-state index in [1.54, 1.807) is 11.6 Å². The Morgan fingerprint density at radius 1 is 1.25 bits per heavy atom. The molecular weight excluding hydrogens is 270 g/mol. The molecule has 3 aromatic rings. The van der Waals surface area contributed by atoms with Crippen LogP contribution >= 0.6 is 11.3 Å². The van der Waals surface area contributed by atoms with Gasteiger partial charge < -0.3 is 5.73 Å². The zero-order valence-corrected chi connectivity index (χ0v) is 11.6. The zero-order valence-electron chi connectivity index (χ0n) is 10.7. The molecule has 0 bridgehead atoms. The molecule has 0 saturated heterocycles. The van der Waals surface area contributed by atoms with Crippen LogP contribution in [0.4, 0.5) is 0 Å². The Morgan fingerprint density at radius 3 is 2.90 bits per heavy atom. The van der Waals surface area contributed by atoms with Gasteiger partial charge in [-0.3, -0.25) is 9.78 Å². The number of fused-ring (bicyclic) bond motifs is 1. The summed E-state index contributed by atoms with van der Waals surface area (Å²) in [5.41, 5.74) is 7.89. The fourth-order valence-corrected chi connectivity index (χ4v) is 2.78. The van der Waals surface area contributed by atoms with Gasteiger partial charge in [0.15, 0.2) is 5.78 Å². The molecule has 0 atom stereocenters. The van der Waals surface area contributed by atoms with E-state index in [2.05, 4.69) is 9.97 Å². The molecule has 0 aliphatic carbocycles. The van der Waals surface area contributed by atoms with Crippen molar-refractivity contribution < 1.29 is 4.79 Å². The van der Waals surface area contributed by atoms with Gasteiger partial charge in [-0.2, -0.15) is 0 Å². The predicted octanol–water partition coefficient (Wildman–Crippen LogP) is 2.58. The van der Waals surface area contributed by atoms with Crippen LogP contribution in [0.3, 0.4) is 0 Å². The third-order valence-electron chi connectivity index (χ3n) is 3.10. The molecule has 3 rings (SSSR count). The van der Waals surface area contributed by atoms with Gasteiger partial charge in [0.2, 0.25) is 0 Å². The van der Waals surface area contributed by atoms with Gasteiger partial charge in [0, 0.05) is 29.9 Å². The quantitative estimate of drug-likeness (QED) is 0.747. The van der Waals surface area contributed by atoms with Crippen LogP contribution in [-0.4, -0.2) is 15.8 Å². The number of hydrogen-bond donors (Lipinski definition) is 1. The highest BCUT2D eigenvalue weighted by Gasteiger charge is 2.13. The van der Waals surface area contributed by atoms with Crippen LogP contribution in [0.25, 0.3) is 10.9 Å². The molecule has 0 fully saturated rings. The van der Waals surface area contributed by atoms with E-state index in [9.17, 15) is 4.79 Å². The van der Waals surface area contributed by atoms with Gasteiger partial charge in [-0.25, -0.2) is 4.98 Å². The molecule has 0 saturated carbocycles. The molecule has 5 heteroatoms. The minimum atomic E-state index is 0.0114. The summed E-state index contributed by atoms with van der Waals surface area (Å²) in [6.45, 7) is 0.371. The summed E-state index contributed by atoms with van der Waals surface area (Å²) in [7, 11) is 0. The highest BCUT2D eigenvalue weighted by molar-refractivity contribution is 7.09. The topological polar surface area (TPSA) is 68.9 Å². The Bertz CT molecular complexity index is 761. The second-order valence-corrected chi connectivity index (χ2v) is 5.36. The van der Waals surface area contributed by atoms with E-state index in [4.69, 9.17) is 5.73 Å². The van der Waals surface area contributed by atoms with Crippen molar-refractivity contribution in [1.82, 2.24) is 9.97 Å². The number of pyridine rings is 1. The Hall–Kier alpha value is -2.11. The number of carbonyl (C=O) groups is 1. The summed E-state index contributed by atoms with van der Waals surface area (Å²) < 4.78 is 0. The standard InChI is InChI=1S/C15H13N3OS/c16-8-15-18-13(9-20-15)14(19)7-10-5-6-17-12-4-2-1-3-11(10)12/h1-6,9H,7-8,16H2. The first-order valence-electron chi connectivity index (χ1n) is 6.28. The molecule has 2 aromatic heterocycles. The Labute approximate surface area is 120 Å². The number of thiazole rings is 1. The Kier molecular flexibility index (Phi) is 3.54. The van der Waals surface area contributed by atoms with Gasteiger partial charge in [-0.15, -0.1) is 11.3 Å². The molecule has 0 radical (unpaired) electrons. The maximum atomic E-state index is 12.3. The first-order chi connectivity index (χ1) is 9.78. The average molecular weight is 283 g/mol. The molecule has 2 heterocycles. The molecule has 0 spiro atoms. The van der Waals surface area contributed by atoms with Gasteiger partial charge in [-0.1, -0.05) is 18.2 Å². The monoisotopic (exact) mass is 283 g/mol. The molecule has 20 heavy (non-hydrogen) atoms. The van der Waals surface area contributed by atoms with Crippen molar-refractivity contribution in [3.63, 3.8) is 0 Å². The van der Waals surface area contributed by atoms with Gasteiger partial charge in [-0.05, 0) is 17.7 Å². The van der Waals surface area contributed by atoms with Crippen LogP contribution in [0, 0.1) is 0 Å². The summed E-state index contributed by atoms with van der Waals surface area (Å²) in [5.74, 6) is 0.0114. The van der Waals surface area contributed by atoms with E-state index >= 15 is 0 Å². The number of benzene rings is 1. The molecule has 0 aliphatic rings. The molecular formula is C15H13N3OS. The van der Waals surface area contributed by atoms with E-state index in [1.807, 2.05) is 30.3 Å². The maximum absolute atomic E-state index is 12.3. The summed E-state index contributed by atoms with van der Waals surface area (Å²) in [4.78, 5) is 20.8. The van der Waals surface area contributed by atoms with Crippen LogP contribution in [0.1, 0.15) is 21.1 Å². The lowest BCUT2D eigenvalue weighted by Crippen LogP contribution is -2.05. The lowest BCUT2D eigenvalue weighted by atomic mass is 10.0. The second kappa shape index (κ2) is 5.48. The van der Waals surface area contributed by atoms with E-state index in [-0.39, 0.29) is 5.78 Å². The van der Waals surface area contributed by atoms with Crippen LogP contribution in [0.2, 0.25) is 0 Å². The zero-order chi connectivity index (χ0) is 13.9. The number of rotatable bonds is 4. The number of para-hydroxylation sites is 1. The molecule has 1 aromatic carbocycles. The number of Topliss-reactive ketones (excluding diaryl/α,β-unsaturated/α-hetero) is 1. The minimum absolute atomic E-state index is 0.0114. The van der Waals surface area contributed by atoms with E-state index in [1.165, 1.54) is 11.3 Å². The average Bonchev–Trinajstić information content (AvgIpc) is 2.97. The summed E-state index contributed by atoms with van der Waals surface area (Å²) in [6.07, 6.45) is 2.06. The number of aromatic nitrogens is 2. The van der Waals surface area contributed by atoms with Crippen LogP contribution in [0.15, 0.2) is 41.9 Å². The fraction of sp³-hybridized carbons (Fsp3) is 0.133. The Balaban J connectivity index is 1.91. The smallest absolute Gasteiger partial charge is 0.186 e. The van der Waals surface area contributed by atoms with E-state index < -0.39 is 0 Å². The molecule has 100 valence electrons. The van der Waals surface area contributed by atoms with Gasteiger partial charge in [0.05, 0.1) is 5.52 Å². The summed E-state index contributed by atoms with van der Waals surface area (Å²) >= 11 is 1.42. The first kappa shape index (κ1) is 12.9. The third-order valence-corrected chi connectivity index (χ3v) is 3.97. The van der Waals surface area contributed by atoms with Crippen LogP contribution in [0.5, 0.6) is 0 Å². The third kappa shape index (κ3) is 2.45. The number of hydrogen-bond acceptors (Lipinski definition) is 5. The fourth-order valence-electron chi connectivity index (χ4n) is 2.11. The molecule has 2 N–H and O–H groups in total. The number of nitrogens with two attached hydrogens (primary N) is 1. The largest absolute Gasteiger partial charge is 0.325 e. The van der Waals surface area contributed by atoms with E-state index in [0.29, 0.717) is 18.7 Å². The van der Waals surface area contributed by atoms with Crippen molar-refractivity contribution >= 4 is 28.0 Å². The second-order valence-electron chi connectivity index (χ2n) is 4.42. The van der Waals surface area contributed by atoms with Crippen molar-refractivity contribution in [2.24, 2.45) is 5.73 Å².